The molecule has 0 bridgehead atoms. The first-order valence-corrected chi connectivity index (χ1v) is 16.3. The average molecular weight is 559 g/mol. The molecule has 0 aromatic heterocycles. The molecule has 0 amide bonds. The Kier molecular flexibility index (Phi) is 10.5. The fraction of sp³-hybridized carbons (Fsp3) is 0.429. The van der Waals surface area contributed by atoms with Crippen molar-refractivity contribution in [3.63, 3.8) is 0 Å². The van der Waals surface area contributed by atoms with Gasteiger partial charge in [-0.05, 0) is 76.0 Å². The molecular weight excluding hydrogens is 504 g/mol. The molecule has 4 aromatic carbocycles. The summed E-state index contributed by atoms with van der Waals surface area (Å²) >= 11 is 0. The van der Waals surface area contributed by atoms with Gasteiger partial charge in [-0.25, -0.2) is 0 Å². The second-order valence-corrected chi connectivity index (χ2v) is 14.3. The quantitative estimate of drug-likeness (QED) is 0.127. The van der Waals surface area contributed by atoms with Crippen molar-refractivity contribution in [1.29, 1.82) is 0 Å². The van der Waals surface area contributed by atoms with Crippen LogP contribution in [0.3, 0.4) is 0 Å². The third kappa shape index (κ3) is 7.83. The highest BCUT2D eigenvalue weighted by molar-refractivity contribution is 5.31. The van der Waals surface area contributed by atoms with E-state index in [9.17, 15) is 0 Å². The van der Waals surface area contributed by atoms with E-state index in [1.54, 1.807) is 0 Å². The van der Waals surface area contributed by atoms with Crippen LogP contribution in [0.2, 0.25) is 0 Å². The molecule has 0 saturated carbocycles. The van der Waals surface area contributed by atoms with Crippen molar-refractivity contribution in [3.8, 4) is 0 Å². The second-order valence-electron chi connectivity index (χ2n) is 14.3. The largest absolute Gasteiger partial charge is 0.0645 e. The molecule has 0 heterocycles. The molecule has 0 heteroatoms. The van der Waals surface area contributed by atoms with Crippen LogP contribution in [0.5, 0.6) is 0 Å². The first-order chi connectivity index (χ1) is 20.1. The van der Waals surface area contributed by atoms with Gasteiger partial charge in [0, 0.05) is 0 Å². The Balaban J connectivity index is 1.47. The number of hydrogen-bond donors (Lipinski definition) is 0. The highest BCUT2D eigenvalue weighted by Crippen LogP contribution is 2.45. The van der Waals surface area contributed by atoms with Gasteiger partial charge in [-0.2, -0.15) is 0 Å². The molecule has 4 aromatic rings. The lowest BCUT2D eigenvalue weighted by Crippen LogP contribution is -2.34. The molecule has 0 radical (unpaired) electrons. The van der Waals surface area contributed by atoms with E-state index in [2.05, 4.69) is 163 Å². The van der Waals surface area contributed by atoms with Crippen molar-refractivity contribution >= 4 is 0 Å². The minimum Gasteiger partial charge on any atom is -0.0645 e. The first-order valence-electron chi connectivity index (χ1n) is 16.3. The average Bonchev–Trinajstić information content (AvgIpc) is 3.02. The predicted molar refractivity (Wildman–Crippen MR) is 183 cm³/mol. The van der Waals surface area contributed by atoms with Gasteiger partial charge in [0.2, 0.25) is 0 Å². The van der Waals surface area contributed by atoms with Gasteiger partial charge in [-0.3, -0.25) is 0 Å². The van der Waals surface area contributed by atoms with Crippen LogP contribution < -0.4 is 0 Å². The molecule has 0 aliphatic heterocycles. The Morgan fingerprint density at radius 3 is 1.10 bits per heavy atom. The third-order valence-corrected chi connectivity index (χ3v) is 10.3. The molecule has 0 nitrogen and oxygen atoms in total. The van der Waals surface area contributed by atoms with Crippen LogP contribution in [-0.4, -0.2) is 0 Å². The molecule has 0 spiro atoms. The van der Waals surface area contributed by atoms with Gasteiger partial charge in [0.1, 0.15) is 0 Å². The summed E-state index contributed by atoms with van der Waals surface area (Å²) in [7, 11) is 0. The Labute approximate surface area is 257 Å². The summed E-state index contributed by atoms with van der Waals surface area (Å²) in [5.74, 6) is 0. The third-order valence-electron chi connectivity index (χ3n) is 10.3. The standard InChI is InChI=1S/C42H54/c1-7-40(4,36-25-15-9-16-26-36)34-42(6,38-29-19-11-20-30-38)32-22-12-21-31-41(5,37-27-17-10-18-28-37)33-39(2,3)35-23-13-8-14-24-35/h8-11,13-20,23-30H,7,12,21-22,31-34H2,1-6H3. The van der Waals surface area contributed by atoms with E-state index in [1.165, 1.54) is 54.4 Å². The van der Waals surface area contributed by atoms with Gasteiger partial charge >= 0.3 is 0 Å². The summed E-state index contributed by atoms with van der Waals surface area (Å²) in [5, 5.41) is 0. The fourth-order valence-electron chi connectivity index (χ4n) is 7.66. The van der Waals surface area contributed by atoms with Crippen molar-refractivity contribution in [2.75, 3.05) is 0 Å². The van der Waals surface area contributed by atoms with Crippen molar-refractivity contribution in [1.82, 2.24) is 0 Å². The van der Waals surface area contributed by atoms with E-state index in [1.807, 2.05) is 0 Å². The number of benzene rings is 4. The summed E-state index contributed by atoms with van der Waals surface area (Å²) in [6.07, 6.45) is 9.66. The molecule has 0 N–H and O–H groups in total. The minimum absolute atomic E-state index is 0.111. The summed E-state index contributed by atoms with van der Waals surface area (Å²) in [4.78, 5) is 0. The highest BCUT2D eigenvalue weighted by atomic mass is 14.4. The summed E-state index contributed by atoms with van der Waals surface area (Å²) in [6.45, 7) is 14.7. The Morgan fingerprint density at radius 2 is 0.714 bits per heavy atom. The molecule has 3 unspecified atom stereocenters. The van der Waals surface area contributed by atoms with E-state index in [0.717, 1.165) is 19.3 Å². The Bertz CT molecular complexity index is 1320. The lowest BCUT2D eigenvalue weighted by Gasteiger charge is -2.41. The lowest BCUT2D eigenvalue weighted by atomic mass is 9.63. The van der Waals surface area contributed by atoms with Crippen LogP contribution >= 0.6 is 0 Å². The zero-order valence-corrected chi connectivity index (χ0v) is 27.2. The maximum atomic E-state index is 2.52. The lowest BCUT2D eigenvalue weighted by molar-refractivity contribution is 0.270. The zero-order chi connectivity index (χ0) is 30.1. The van der Waals surface area contributed by atoms with Gasteiger partial charge in [0.15, 0.2) is 0 Å². The van der Waals surface area contributed by atoms with E-state index >= 15 is 0 Å². The Hall–Kier alpha value is -3.12. The monoisotopic (exact) mass is 558 g/mol. The second kappa shape index (κ2) is 13.9. The normalized spacial score (nSPS) is 16.2. The van der Waals surface area contributed by atoms with Gasteiger partial charge in [-0.15, -0.1) is 0 Å². The van der Waals surface area contributed by atoms with Crippen LogP contribution in [0.4, 0.5) is 0 Å². The van der Waals surface area contributed by atoms with Crippen molar-refractivity contribution in [2.24, 2.45) is 0 Å². The number of unbranched alkanes of at least 4 members (excludes halogenated alkanes) is 2. The van der Waals surface area contributed by atoms with E-state index in [0.29, 0.717) is 0 Å². The van der Waals surface area contributed by atoms with Gasteiger partial charge in [-0.1, -0.05) is 182 Å². The van der Waals surface area contributed by atoms with Crippen LogP contribution in [0.1, 0.15) is 115 Å². The summed E-state index contributed by atoms with van der Waals surface area (Å²) in [6, 6.07) is 44.9. The van der Waals surface area contributed by atoms with E-state index in [4.69, 9.17) is 0 Å². The summed E-state index contributed by atoms with van der Waals surface area (Å²) in [5.41, 5.74) is 6.40. The van der Waals surface area contributed by atoms with Crippen molar-refractivity contribution in [3.05, 3.63) is 144 Å². The maximum Gasteiger partial charge on any atom is -0.00669 e. The van der Waals surface area contributed by atoms with Crippen LogP contribution in [0, 0.1) is 0 Å². The molecule has 4 rings (SSSR count). The number of hydrogen-bond acceptors (Lipinski definition) is 0. The molecule has 222 valence electrons. The van der Waals surface area contributed by atoms with Crippen LogP contribution in [0.15, 0.2) is 121 Å². The molecule has 0 aliphatic carbocycles. The van der Waals surface area contributed by atoms with Crippen molar-refractivity contribution < 1.29 is 0 Å². The SMILES string of the molecule is CCC(C)(CC(C)(CCCCCC(C)(CC(C)(C)c1ccccc1)c1ccccc1)c1ccccc1)c1ccccc1. The molecular formula is C42H54. The van der Waals surface area contributed by atoms with Gasteiger partial charge in [0.05, 0.1) is 0 Å². The molecule has 3 atom stereocenters. The van der Waals surface area contributed by atoms with Gasteiger partial charge < -0.3 is 0 Å². The van der Waals surface area contributed by atoms with Crippen LogP contribution in [0.25, 0.3) is 0 Å². The molecule has 0 saturated heterocycles. The topological polar surface area (TPSA) is 0 Å². The smallest absolute Gasteiger partial charge is 0.00669 e. The highest BCUT2D eigenvalue weighted by Gasteiger charge is 2.37. The first kappa shape index (κ1) is 31.8. The molecule has 0 fully saturated rings. The van der Waals surface area contributed by atoms with Crippen LogP contribution in [-0.2, 0) is 21.7 Å². The fourth-order valence-corrected chi connectivity index (χ4v) is 7.66. The molecule has 0 aliphatic rings. The minimum atomic E-state index is 0.111. The summed E-state index contributed by atoms with van der Waals surface area (Å²) < 4.78 is 0. The zero-order valence-electron chi connectivity index (χ0n) is 27.2. The van der Waals surface area contributed by atoms with E-state index < -0.39 is 0 Å². The maximum absolute atomic E-state index is 2.52. The Morgan fingerprint density at radius 1 is 0.381 bits per heavy atom. The predicted octanol–water partition coefficient (Wildman–Crippen LogP) is 12.0. The van der Waals surface area contributed by atoms with Gasteiger partial charge in [0.25, 0.3) is 0 Å². The van der Waals surface area contributed by atoms with Crippen molar-refractivity contribution in [2.45, 2.75) is 115 Å². The molecule has 42 heavy (non-hydrogen) atoms. The number of rotatable bonds is 15. The van der Waals surface area contributed by atoms with E-state index in [-0.39, 0.29) is 21.7 Å².